The molecule has 0 unspecified atom stereocenters. The van der Waals surface area contributed by atoms with Crippen LogP contribution in [0.1, 0.15) is 30.1 Å². The highest BCUT2D eigenvalue weighted by Gasteiger charge is 2.29. The van der Waals surface area contributed by atoms with E-state index in [9.17, 15) is 18.0 Å². The van der Waals surface area contributed by atoms with E-state index < -0.39 is 21.8 Å². The van der Waals surface area contributed by atoms with Crippen LogP contribution in [0.3, 0.4) is 0 Å². The topological polar surface area (TPSA) is 104 Å². The maximum Gasteiger partial charge on any atom is 0.269 e. The van der Waals surface area contributed by atoms with Crippen molar-refractivity contribution >= 4 is 33.4 Å². The number of benzene rings is 1. The van der Waals surface area contributed by atoms with Crippen molar-refractivity contribution in [3.63, 3.8) is 0 Å². The van der Waals surface area contributed by atoms with Crippen molar-refractivity contribution in [1.29, 1.82) is 0 Å². The monoisotopic (exact) mass is 331 g/mol. The predicted octanol–water partition coefficient (Wildman–Crippen LogP) is 0.562. The maximum absolute atomic E-state index is 12.1. The molecule has 1 aromatic rings. The summed E-state index contributed by atoms with van der Waals surface area (Å²) in [6, 6.07) is 3.80. The Labute approximate surface area is 127 Å². The summed E-state index contributed by atoms with van der Waals surface area (Å²) >= 11 is 5.90. The van der Waals surface area contributed by atoms with E-state index >= 15 is 0 Å². The Morgan fingerprint density at radius 1 is 1.24 bits per heavy atom. The van der Waals surface area contributed by atoms with Gasteiger partial charge in [0.2, 0.25) is 15.9 Å². The lowest BCUT2D eigenvalue weighted by Crippen LogP contribution is -2.40. The van der Waals surface area contributed by atoms with Crippen LogP contribution < -0.4 is 15.6 Å². The predicted molar refractivity (Wildman–Crippen MR) is 76.1 cm³/mol. The minimum absolute atomic E-state index is 0.0271. The van der Waals surface area contributed by atoms with Crippen molar-refractivity contribution in [2.45, 2.75) is 30.7 Å². The first-order valence-electron chi connectivity index (χ1n) is 6.18. The SMILES string of the molecule is CC(=O)NNC(=O)c1ccc(Cl)c(S(=O)(=O)NC2CC2)c1. The first-order valence-corrected chi connectivity index (χ1v) is 8.04. The fraction of sp³-hybridized carbons (Fsp3) is 0.333. The second kappa shape index (κ2) is 6.00. The van der Waals surface area contributed by atoms with Gasteiger partial charge in [0.1, 0.15) is 4.90 Å². The number of halogens is 1. The van der Waals surface area contributed by atoms with Gasteiger partial charge in [0.15, 0.2) is 0 Å². The molecule has 2 amide bonds. The molecule has 1 aliphatic carbocycles. The first kappa shape index (κ1) is 15.7. The molecule has 21 heavy (non-hydrogen) atoms. The van der Waals surface area contributed by atoms with Crippen LogP contribution in [0.5, 0.6) is 0 Å². The molecule has 0 aromatic heterocycles. The quantitative estimate of drug-likeness (QED) is 0.701. The summed E-state index contributed by atoms with van der Waals surface area (Å²) in [6.45, 7) is 1.23. The Kier molecular flexibility index (Phi) is 4.50. The van der Waals surface area contributed by atoms with E-state index in [0.29, 0.717) is 0 Å². The normalized spacial score (nSPS) is 14.6. The number of hydrogen-bond donors (Lipinski definition) is 3. The van der Waals surface area contributed by atoms with Crippen LogP contribution >= 0.6 is 11.6 Å². The molecule has 0 spiro atoms. The van der Waals surface area contributed by atoms with E-state index in [2.05, 4.69) is 15.6 Å². The summed E-state index contributed by atoms with van der Waals surface area (Å²) in [4.78, 5) is 22.4. The Bertz CT molecular complexity index is 686. The van der Waals surface area contributed by atoms with Crippen molar-refractivity contribution in [3.05, 3.63) is 28.8 Å². The molecule has 1 fully saturated rings. The third kappa shape index (κ3) is 4.16. The standard InChI is InChI=1S/C12H14ClN3O4S/c1-7(17)14-15-12(18)8-2-5-10(13)11(6-8)21(19,20)16-9-3-4-9/h2,5-6,9,16H,3-4H2,1H3,(H,14,17)(H,15,18). The molecule has 7 nitrogen and oxygen atoms in total. The zero-order valence-corrected chi connectivity index (χ0v) is 12.7. The van der Waals surface area contributed by atoms with Crippen LogP contribution in [-0.2, 0) is 14.8 Å². The van der Waals surface area contributed by atoms with Crippen LogP contribution in [0.2, 0.25) is 5.02 Å². The Hall–Kier alpha value is -1.64. The maximum atomic E-state index is 12.1. The third-order valence-electron chi connectivity index (χ3n) is 2.73. The lowest BCUT2D eigenvalue weighted by molar-refractivity contribution is -0.119. The Morgan fingerprint density at radius 2 is 1.90 bits per heavy atom. The Morgan fingerprint density at radius 3 is 2.48 bits per heavy atom. The molecule has 0 aliphatic heterocycles. The van der Waals surface area contributed by atoms with E-state index in [-0.39, 0.29) is 21.5 Å². The number of carbonyl (C=O) groups is 2. The first-order chi connectivity index (χ1) is 9.79. The van der Waals surface area contributed by atoms with E-state index in [1.165, 1.54) is 25.1 Å². The summed E-state index contributed by atoms with van der Waals surface area (Å²) < 4.78 is 26.8. The largest absolute Gasteiger partial charge is 0.274 e. The number of sulfonamides is 1. The average Bonchev–Trinajstić information content (AvgIpc) is 3.19. The molecule has 2 rings (SSSR count). The molecular weight excluding hydrogens is 318 g/mol. The van der Waals surface area contributed by atoms with E-state index in [1.807, 2.05) is 0 Å². The van der Waals surface area contributed by atoms with Gasteiger partial charge in [-0.25, -0.2) is 13.1 Å². The second-order valence-electron chi connectivity index (χ2n) is 4.68. The molecule has 9 heteroatoms. The molecule has 0 atom stereocenters. The Balaban J connectivity index is 2.24. The molecule has 0 bridgehead atoms. The van der Waals surface area contributed by atoms with Crippen LogP contribution in [0.4, 0.5) is 0 Å². The molecule has 1 aliphatic rings. The highest BCUT2D eigenvalue weighted by molar-refractivity contribution is 7.89. The minimum Gasteiger partial charge on any atom is -0.274 e. The van der Waals surface area contributed by atoms with Crippen molar-refractivity contribution < 1.29 is 18.0 Å². The van der Waals surface area contributed by atoms with Crippen molar-refractivity contribution in [2.75, 3.05) is 0 Å². The van der Waals surface area contributed by atoms with E-state index in [1.54, 1.807) is 0 Å². The molecule has 0 saturated heterocycles. The fourth-order valence-electron chi connectivity index (χ4n) is 1.55. The molecule has 114 valence electrons. The molecule has 3 N–H and O–H groups in total. The molecule has 1 aromatic carbocycles. The smallest absolute Gasteiger partial charge is 0.269 e. The van der Waals surface area contributed by atoms with Crippen molar-refractivity contribution in [1.82, 2.24) is 15.6 Å². The molecule has 1 saturated carbocycles. The molecule has 0 heterocycles. The summed E-state index contributed by atoms with van der Waals surface area (Å²) in [5.41, 5.74) is 4.35. The van der Waals surface area contributed by atoms with Crippen LogP contribution in [0, 0.1) is 0 Å². The van der Waals surface area contributed by atoms with Crippen LogP contribution in [-0.4, -0.2) is 26.3 Å². The highest BCUT2D eigenvalue weighted by atomic mass is 35.5. The van der Waals surface area contributed by atoms with Gasteiger partial charge in [-0.1, -0.05) is 11.6 Å². The summed E-state index contributed by atoms with van der Waals surface area (Å²) in [6.07, 6.45) is 1.58. The van der Waals surface area contributed by atoms with E-state index in [4.69, 9.17) is 11.6 Å². The van der Waals surface area contributed by atoms with Gasteiger partial charge in [0.05, 0.1) is 5.02 Å². The second-order valence-corrected chi connectivity index (χ2v) is 6.77. The fourth-order valence-corrected chi connectivity index (χ4v) is 3.38. The van der Waals surface area contributed by atoms with Gasteiger partial charge in [0.25, 0.3) is 5.91 Å². The van der Waals surface area contributed by atoms with E-state index in [0.717, 1.165) is 12.8 Å². The minimum atomic E-state index is -3.76. The van der Waals surface area contributed by atoms with Crippen LogP contribution in [0.25, 0.3) is 0 Å². The van der Waals surface area contributed by atoms with Gasteiger partial charge in [-0.15, -0.1) is 0 Å². The van der Waals surface area contributed by atoms with Gasteiger partial charge in [0, 0.05) is 18.5 Å². The van der Waals surface area contributed by atoms with Gasteiger partial charge < -0.3 is 0 Å². The summed E-state index contributed by atoms with van der Waals surface area (Å²) in [7, 11) is -3.76. The molecule has 0 radical (unpaired) electrons. The zero-order valence-electron chi connectivity index (χ0n) is 11.1. The highest BCUT2D eigenvalue weighted by Crippen LogP contribution is 2.26. The molecular formula is C12H14ClN3O4S. The van der Waals surface area contributed by atoms with Crippen molar-refractivity contribution in [3.8, 4) is 0 Å². The number of hydrazine groups is 1. The van der Waals surface area contributed by atoms with Gasteiger partial charge >= 0.3 is 0 Å². The number of amides is 2. The summed E-state index contributed by atoms with van der Waals surface area (Å²) in [5.74, 6) is -1.08. The van der Waals surface area contributed by atoms with Gasteiger partial charge in [-0.3, -0.25) is 20.4 Å². The van der Waals surface area contributed by atoms with Gasteiger partial charge in [-0.05, 0) is 31.0 Å². The summed E-state index contributed by atoms with van der Waals surface area (Å²) in [5, 5.41) is 0.0271. The van der Waals surface area contributed by atoms with Gasteiger partial charge in [-0.2, -0.15) is 0 Å². The zero-order chi connectivity index (χ0) is 15.6. The lowest BCUT2D eigenvalue weighted by Gasteiger charge is -2.10. The lowest BCUT2D eigenvalue weighted by atomic mass is 10.2. The number of nitrogens with one attached hydrogen (secondary N) is 3. The number of hydrogen-bond acceptors (Lipinski definition) is 4. The van der Waals surface area contributed by atoms with Crippen molar-refractivity contribution in [2.24, 2.45) is 0 Å². The number of carbonyl (C=O) groups excluding carboxylic acids is 2. The average molecular weight is 332 g/mol. The van der Waals surface area contributed by atoms with Crippen LogP contribution in [0.15, 0.2) is 23.1 Å². The third-order valence-corrected chi connectivity index (χ3v) is 4.74. The number of rotatable bonds is 4.